The monoisotopic (exact) mass is 347 g/mol. The molecule has 26 heavy (non-hydrogen) atoms. The van der Waals surface area contributed by atoms with Crippen molar-refractivity contribution in [1.29, 1.82) is 0 Å². The summed E-state index contributed by atoms with van der Waals surface area (Å²) in [5.41, 5.74) is 7.74. The van der Waals surface area contributed by atoms with Crippen molar-refractivity contribution in [1.82, 2.24) is 0 Å². The highest BCUT2D eigenvalue weighted by Crippen LogP contribution is 2.39. The maximum Gasteiger partial charge on any atom is 0.330 e. The fourth-order valence-electron chi connectivity index (χ4n) is 4.17. The van der Waals surface area contributed by atoms with Crippen molar-refractivity contribution < 1.29 is 9.53 Å². The van der Waals surface area contributed by atoms with Gasteiger partial charge in [0.2, 0.25) is 0 Å². The zero-order valence-corrected chi connectivity index (χ0v) is 15.3. The van der Waals surface area contributed by atoms with E-state index in [1.54, 1.807) is 0 Å². The molecule has 1 unspecified atom stereocenters. The number of aryl methyl sites for hydroxylation is 1. The van der Waals surface area contributed by atoms with E-state index in [1.807, 2.05) is 6.07 Å². The minimum atomic E-state index is -1.03. The fourth-order valence-corrected chi connectivity index (χ4v) is 4.17. The summed E-state index contributed by atoms with van der Waals surface area (Å²) in [5.74, 6) is -0.285. The highest BCUT2D eigenvalue weighted by Gasteiger charge is 2.41. The van der Waals surface area contributed by atoms with Gasteiger partial charge in [-0.3, -0.25) is 0 Å². The molecule has 3 heteroatoms. The average Bonchev–Trinajstić information content (AvgIpc) is 2.68. The third-order valence-corrected chi connectivity index (χ3v) is 5.61. The lowest BCUT2D eigenvalue weighted by atomic mass is 9.75. The highest BCUT2D eigenvalue weighted by atomic mass is 16.5. The number of ether oxygens (including phenoxy) is 1. The van der Waals surface area contributed by atoms with Crippen LogP contribution in [0.5, 0.6) is 0 Å². The summed E-state index contributed by atoms with van der Waals surface area (Å²) >= 11 is 0. The van der Waals surface area contributed by atoms with Crippen molar-refractivity contribution in [2.24, 2.45) is 5.73 Å². The lowest BCUT2D eigenvalue weighted by Gasteiger charge is -2.34. The second-order valence-electron chi connectivity index (χ2n) is 7.29. The van der Waals surface area contributed by atoms with Gasteiger partial charge in [0, 0.05) is 0 Å². The van der Waals surface area contributed by atoms with E-state index in [0.717, 1.165) is 31.2 Å². The zero-order chi connectivity index (χ0) is 18.1. The van der Waals surface area contributed by atoms with Gasteiger partial charge in [-0.05, 0) is 58.4 Å². The van der Waals surface area contributed by atoms with Crippen LogP contribution in [0.15, 0.2) is 48.5 Å². The third-order valence-electron chi connectivity index (χ3n) is 5.61. The Labute approximate surface area is 154 Å². The van der Waals surface area contributed by atoms with E-state index in [2.05, 4.69) is 49.4 Å². The van der Waals surface area contributed by atoms with Crippen molar-refractivity contribution in [3.05, 3.63) is 59.7 Å². The molecule has 1 aliphatic rings. The van der Waals surface area contributed by atoms with Crippen molar-refractivity contribution in [3.8, 4) is 0 Å². The molecule has 3 nitrogen and oxygen atoms in total. The first-order valence-electron chi connectivity index (χ1n) is 9.55. The Morgan fingerprint density at radius 3 is 2.73 bits per heavy atom. The number of hydrogen-bond donors (Lipinski definition) is 1. The van der Waals surface area contributed by atoms with Gasteiger partial charge in [-0.2, -0.15) is 0 Å². The first-order chi connectivity index (χ1) is 12.6. The van der Waals surface area contributed by atoms with E-state index in [1.165, 1.54) is 27.1 Å². The molecule has 1 aliphatic carbocycles. The Kier molecular flexibility index (Phi) is 4.41. The minimum absolute atomic E-state index is 0.285. The van der Waals surface area contributed by atoms with Crippen LogP contribution < -0.4 is 5.73 Å². The molecule has 0 bridgehead atoms. The Hall–Kier alpha value is -2.39. The number of hydrogen-bond acceptors (Lipinski definition) is 3. The van der Waals surface area contributed by atoms with Crippen molar-refractivity contribution in [3.63, 3.8) is 0 Å². The molecule has 0 fully saturated rings. The van der Waals surface area contributed by atoms with Crippen LogP contribution in [0.4, 0.5) is 0 Å². The van der Waals surface area contributed by atoms with Gasteiger partial charge in [0.1, 0.15) is 5.54 Å². The van der Waals surface area contributed by atoms with Crippen molar-refractivity contribution in [2.75, 3.05) is 6.61 Å². The Morgan fingerprint density at radius 1 is 1.08 bits per heavy atom. The topological polar surface area (TPSA) is 52.3 Å². The molecule has 0 spiro atoms. The normalized spacial score (nSPS) is 19.5. The molecular weight excluding hydrogens is 322 g/mol. The molecule has 0 aliphatic heterocycles. The third kappa shape index (κ3) is 2.67. The minimum Gasteiger partial charge on any atom is -0.464 e. The fraction of sp³-hybridized carbons (Fsp3) is 0.348. The molecule has 134 valence electrons. The molecule has 0 saturated heterocycles. The van der Waals surface area contributed by atoms with Gasteiger partial charge in [-0.15, -0.1) is 0 Å². The number of benzene rings is 3. The molecule has 2 N–H and O–H groups in total. The number of rotatable bonds is 4. The summed E-state index contributed by atoms with van der Waals surface area (Å²) in [5, 5.41) is 4.91. The lowest BCUT2D eigenvalue weighted by Crippen LogP contribution is -2.48. The predicted molar refractivity (Wildman–Crippen MR) is 106 cm³/mol. The van der Waals surface area contributed by atoms with Gasteiger partial charge < -0.3 is 10.5 Å². The standard InChI is InChI=1S/C23H25NO2/c1-2-3-15-26-22(25)23(24)14-6-9-20-19-11-10-16-7-4-5-8-17(16)18(19)12-13-21(20)23/h4-5,7-8,10-13H,2-3,6,9,14-15,24H2,1H3. The van der Waals surface area contributed by atoms with Gasteiger partial charge in [-0.1, -0.05) is 61.9 Å². The first-order valence-corrected chi connectivity index (χ1v) is 9.55. The van der Waals surface area contributed by atoms with Crippen LogP contribution in [-0.2, 0) is 21.5 Å². The summed E-state index contributed by atoms with van der Waals surface area (Å²) < 4.78 is 5.50. The summed E-state index contributed by atoms with van der Waals surface area (Å²) in [7, 11) is 0. The molecule has 1 atom stereocenters. The molecule has 3 aromatic rings. The maximum absolute atomic E-state index is 12.8. The van der Waals surface area contributed by atoms with E-state index in [-0.39, 0.29) is 5.97 Å². The van der Waals surface area contributed by atoms with Crippen LogP contribution >= 0.6 is 0 Å². The quantitative estimate of drug-likeness (QED) is 0.418. The summed E-state index contributed by atoms with van der Waals surface area (Å²) in [4.78, 5) is 12.8. The Morgan fingerprint density at radius 2 is 1.88 bits per heavy atom. The van der Waals surface area contributed by atoms with E-state index in [0.29, 0.717) is 13.0 Å². The van der Waals surface area contributed by atoms with Gasteiger partial charge in [0.05, 0.1) is 6.61 Å². The largest absolute Gasteiger partial charge is 0.464 e. The maximum atomic E-state index is 12.8. The summed E-state index contributed by atoms with van der Waals surface area (Å²) in [6.07, 6.45) is 4.37. The lowest BCUT2D eigenvalue weighted by molar-refractivity contribution is -0.151. The van der Waals surface area contributed by atoms with E-state index in [4.69, 9.17) is 10.5 Å². The van der Waals surface area contributed by atoms with Crippen LogP contribution in [0.2, 0.25) is 0 Å². The van der Waals surface area contributed by atoms with Gasteiger partial charge in [-0.25, -0.2) is 4.79 Å². The Bertz CT molecular complexity index is 979. The van der Waals surface area contributed by atoms with Crippen LogP contribution in [0.3, 0.4) is 0 Å². The number of esters is 1. The second-order valence-corrected chi connectivity index (χ2v) is 7.29. The molecule has 3 aromatic carbocycles. The molecule has 0 aromatic heterocycles. The van der Waals surface area contributed by atoms with Crippen LogP contribution in [0, 0.1) is 0 Å². The predicted octanol–water partition coefficient (Wildman–Crippen LogP) is 4.83. The van der Waals surface area contributed by atoms with Gasteiger partial charge >= 0.3 is 5.97 Å². The van der Waals surface area contributed by atoms with E-state index >= 15 is 0 Å². The second kappa shape index (κ2) is 6.73. The SMILES string of the molecule is CCCCOC(=O)C1(N)CCCc2c1ccc1c2ccc2ccccc21. The Balaban J connectivity index is 1.83. The number of nitrogens with two attached hydrogens (primary N) is 1. The van der Waals surface area contributed by atoms with E-state index in [9.17, 15) is 4.79 Å². The summed E-state index contributed by atoms with van der Waals surface area (Å²) in [6.45, 7) is 2.53. The van der Waals surface area contributed by atoms with Crippen LogP contribution in [-0.4, -0.2) is 12.6 Å². The molecule has 0 saturated carbocycles. The number of carbonyl (C=O) groups is 1. The summed E-state index contributed by atoms with van der Waals surface area (Å²) in [6, 6.07) is 16.9. The molecule has 0 amide bonds. The molecule has 4 rings (SSSR count). The van der Waals surface area contributed by atoms with Crippen molar-refractivity contribution >= 4 is 27.5 Å². The average molecular weight is 347 g/mol. The van der Waals surface area contributed by atoms with Gasteiger partial charge in [0.15, 0.2) is 0 Å². The molecule has 0 radical (unpaired) electrons. The van der Waals surface area contributed by atoms with E-state index < -0.39 is 5.54 Å². The number of fused-ring (bicyclic) bond motifs is 5. The molecule has 0 heterocycles. The highest BCUT2D eigenvalue weighted by molar-refractivity contribution is 6.09. The van der Waals surface area contributed by atoms with Crippen LogP contribution in [0.1, 0.15) is 43.7 Å². The van der Waals surface area contributed by atoms with Gasteiger partial charge in [0.25, 0.3) is 0 Å². The first kappa shape index (κ1) is 17.0. The number of carbonyl (C=O) groups excluding carboxylic acids is 1. The van der Waals surface area contributed by atoms with Crippen LogP contribution in [0.25, 0.3) is 21.5 Å². The number of unbranched alkanes of at least 4 members (excludes halogenated alkanes) is 1. The molecular formula is C23H25NO2. The zero-order valence-electron chi connectivity index (χ0n) is 15.3. The smallest absolute Gasteiger partial charge is 0.330 e. The van der Waals surface area contributed by atoms with Crippen molar-refractivity contribution in [2.45, 2.75) is 44.6 Å².